The molecule has 1 saturated heterocycles. The van der Waals surface area contributed by atoms with E-state index in [9.17, 15) is 39.2 Å². The molecule has 4 aliphatic rings. The minimum atomic E-state index is -2.67. The van der Waals surface area contributed by atoms with Gasteiger partial charge in [-0.25, -0.2) is 4.39 Å². The van der Waals surface area contributed by atoms with E-state index in [1.807, 2.05) is 24.3 Å². The largest absolute Gasteiger partial charge is 0.508 e. The topological polar surface area (TPSA) is 165 Å². The molecule has 232 valence electrons. The van der Waals surface area contributed by atoms with Crippen LogP contribution in [0.4, 0.5) is 4.39 Å². The Morgan fingerprint density at radius 2 is 1.73 bits per heavy atom. The van der Waals surface area contributed by atoms with Gasteiger partial charge in [0.1, 0.15) is 29.0 Å². The summed E-state index contributed by atoms with van der Waals surface area (Å²) in [6.07, 6.45) is 0.554. The Kier molecular flexibility index (Phi) is 7.38. The number of ketones is 2. The van der Waals surface area contributed by atoms with Gasteiger partial charge in [0.05, 0.1) is 11.6 Å². The lowest BCUT2D eigenvalue weighted by Crippen LogP contribution is -2.65. The van der Waals surface area contributed by atoms with E-state index in [1.54, 1.807) is 20.2 Å². The summed E-state index contributed by atoms with van der Waals surface area (Å²) in [4.78, 5) is 43.2. The van der Waals surface area contributed by atoms with Crippen LogP contribution in [0.1, 0.15) is 36.0 Å². The number of likely N-dealkylation sites (N-methyl/N-ethyl adjacent to an activating group) is 1. The molecule has 0 radical (unpaired) electrons. The number of carbonyl (C=O) groups is 3. The number of aromatic hydroxyl groups is 1. The van der Waals surface area contributed by atoms with Crippen LogP contribution in [0.3, 0.4) is 0 Å². The number of phenols is 1. The molecule has 2 aromatic carbocycles. The number of aliphatic hydroxyl groups is 3. The predicted molar refractivity (Wildman–Crippen MR) is 159 cm³/mol. The summed E-state index contributed by atoms with van der Waals surface area (Å²) in [5, 5.41) is 45.1. The van der Waals surface area contributed by atoms with Gasteiger partial charge in [-0.15, -0.1) is 0 Å². The van der Waals surface area contributed by atoms with Crippen LogP contribution in [0.5, 0.6) is 5.75 Å². The predicted octanol–water partition coefficient (Wildman–Crippen LogP) is 2.56. The van der Waals surface area contributed by atoms with Crippen molar-refractivity contribution in [3.63, 3.8) is 0 Å². The minimum Gasteiger partial charge on any atom is -0.508 e. The Bertz CT molecular complexity index is 1620. The maximum atomic E-state index is 14.0. The zero-order valence-corrected chi connectivity index (χ0v) is 24.6. The molecule has 10 nitrogen and oxygen atoms in total. The number of benzene rings is 2. The van der Waals surface area contributed by atoms with E-state index in [0.717, 1.165) is 16.7 Å². The van der Waals surface area contributed by atoms with E-state index < -0.39 is 64.2 Å². The summed E-state index contributed by atoms with van der Waals surface area (Å²) in [6, 6.07) is 9.90. The van der Waals surface area contributed by atoms with E-state index in [4.69, 9.17) is 5.73 Å². The molecule has 0 spiro atoms. The van der Waals surface area contributed by atoms with Gasteiger partial charge < -0.3 is 26.2 Å². The quantitative estimate of drug-likeness (QED) is 0.322. The molecule has 0 bridgehead atoms. The number of phenolic OH excluding ortho intramolecular Hbond substituents is 1. The number of hydrogen-bond acceptors (Lipinski definition) is 9. The number of halogens is 1. The van der Waals surface area contributed by atoms with Crippen LogP contribution >= 0.6 is 0 Å². The van der Waals surface area contributed by atoms with Crippen molar-refractivity contribution in [1.82, 2.24) is 9.80 Å². The lowest BCUT2D eigenvalue weighted by Gasteiger charge is -2.50. The summed E-state index contributed by atoms with van der Waals surface area (Å²) in [6.45, 7) is 2.11. The third-order valence-corrected chi connectivity index (χ3v) is 9.79. The van der Waals surface area contributed by atoms with Crippen LogP contribution in [-0.2, 0) is 27.3 Å². The Labute approximate surface area is 253 Å². The molecule has 0 unspecified atom stereocenters. The Morgan fingerprint density at radius 1 is 1.07 bits per heavy atom. The molecule has 0 aromatic heterocycles. The molecule has 2 aromatic rings. The summed E-state index contributed by atoms with van der Waals surface area (Å²) in [5.41, 5.74) is 4.98. The molecule has 3 aliphatic carbocycles. The summed E-state index contributed by atoms with van der Waals surface area (Å²) in [5.74, 6) is -6.78. The normalized spacial score (nSPS) is 27.8. The number of aliphatic hydroxyl groups excluding tert-OH is 2. The second-order valence-corrected chi connectivity index (χ2v) is 12.6. The lowest BCUT2D eigenvalue weighted by atomic mass is 9.57. The first kappa shape index (κ1) is 30.0. The van der Waals surface area contributed by atoms with Crippen molar-refractivity contribution in [1.29, 1.82) is 0 Å². The van der Waals surface area contributed by atoms with Gasteiger partial charge in [0, 0.05) is 31.1 Å². The smallest absolute Gasteiger partial charge is 0.255 e. The molecular formula is C33H36FN3O7. The first-order valence-electron chi connectivity index (χ1n) is 14.8. The highest BCUT2D eigenvalue weighted by Crippen LogP contribution is 2.53. The summed E-state index contributed by atoms with van der Waals surface area (Å²) >= 11 is 0. The van der Waals surface area contributed by atoms with Gasteiger partial charge in [0.2, 0.25) is 5.78 Å². The van der Waals surface area contributed by atoms with Crippen molar-refractivity contribution < 1.29 is 39.2 Å². The van der Waals surface area contributed by atoms with E-state index >= 15 is 0 Å². The Morgan fingerprint density at radius 3 is 2.34 bits per heavy atom. The number of piperidine rings is 1. The van der Waals surface area contributed by atoms with Gasteiger partial charge in [-0.1, -0.05) is 30.3 Å². The van der Waals surface area contributed by atoms with Crippen molar-refractivity contribution in [3.8, 4) is 16.9 Å². The number of carbonyl (C=O) groups excluding carboxylic acids is 3. The van der Waals surface area contributed by atoms with Crippen molar-refractivity contribution in [2.45, 2.75) is 50.0 Å². The standard InChI is InChI=1S/C33H36FN3O7/c1-36(2)27-22-14-18-13-21-20(17-5-3-16(4-6-17)15-37-11-9-19(34)10-12-37)7-8-23(38)25(21)28(39)24(18)30(41)33(22,44)31(42)26(29(27)40)32(35)43/h3-8,18-19,22,27,38-39,42,44H,9-15H2,1-2H3,(H2,35,43)/t18-,22-,27-,33-/m0/s1. The first-order chi connectivity index (χ1) is 20.8. The van der Waals surface area contributed by atoms with E-state index in [0.29, 0.717) is 38.0 Å². The molecule has 1 saturated carbocycles. The third kappa shape index (κ3) is 4.53. The van der Waals surface area contributed by atoms with Crippen LogP contribution < -0.4 is 5.73 Å². The molecule has 6 N–H and O–H groups in total. The first-order valence-corrected chi connectivity index (χ1v) is 14.8. The van der Waals surface area contributed by atoms with E-state index in [2.05, 4.69) is 4.90 Å². The summed E-state index contributed by atoms with van der Waals surface area (Å²) < 4.78 is 13.5. The molecule has 4 atom stereocenters. The average Bonchev–Trinajstić information content (AvgIpc) is 2.96. The highest BCUT2D eigenvalue weighted by Gasteiger charge is 2.64. The minimum absolute atomic E-state index is 0.0232. The number of hydrogen-bond donors (Lipinski definition) is 5. The second-order valence-electron chi connectivity index (χ2n) is 12.6. The molecule has 1 heterocycles. The van der Waals surface area contributed by atoms with Crippen LogP contribution in [0.2, 0.25) is 0 Å². The van der Waals surface area contributed by atoms with Crippen molar-refractivity contribution in [3.05, 3.63) is 70.0 Å². The Balaban J connectivity index is 1.40. The number of likely N-dealkylation sites (tertiary alicyclic amines) is 1. The molecule has 1 aliphatic heterocycles. The number of alkyl halides is 1. The molecule has 44 heavy (non-hydrogen) atoms. The van der Waals surface area contributed by atoms with Crippen LogP contribution in [0.25, 0.3) is 16.9 Å². The number of fused-ring (bicyclic) bond motifs is 3. The maximum absolute atomic E-state index is 14.0. The fourth-order valence-corrected chi connectivity index (χ4v) is 7.62. The summed E-state index contributed by atoms with van der Waals surface area (Å²) in [7, 11) is 3.13. The van der Waals surface area contributed by atoms with Gasteiger partial charge in [-0.05, 0) is 74.0 Å². The fourth-order valence-electron chi connectivity index (χ4n) is 7.62. The van der Waals surface area contributed by atoms with E-state index in [-0.39, 0.29) is 29.7 Å². The van der Waals surface area contributed by atoms with Gasteiger partial charge >= 0.3 is 0 Å². The van der Waals surface area contributed by atoms with Crippen LogP contribution in [-0.4, -0.2) is 92.7 Å². The number of nitrogens with two attached hydrogens (primary N) is 1. The maximum Gasteiger partial charge on any atom is 0.255 e. The highest BCUT2D eigenvalue weighted by molar-refractivity contribution is 6.24. The van der Waals surface area contributed by atoms with Gasteiger partial charge in [-0.3, -0.25) is 24.2 Å². The highest BCUT2D eigenvalue weighted by atomic mass is 19.1. The zero-order valence-electron chi connectivity index (χ0n) is 24.6. The molecule has 2 fully saturated rings. The lowest BCUT2D eigenvalue weighted by molar-refractivity contribution is -0.153. The number of Topliss-reactive ketones (excluding diaryl/α,β-unsaturated/α-hetero) is 2. The SMILES string of the molecule is CN(C)[C@@H]1C(=O)C(C(N)=O)=C(O)[C@@]2(O)C(=O)C3=C(O)c4c(O)ccc(-c5ccc(CN6CCC(F)CC6)cc5)c4C[C@H]3C[C@@H]12. The molecular weight excluding hydrogens is 569 g/mol. The van der Waals surface area contributed by atoms with E-state index in [1.165, 1.54) is 11.0 Å². The average molecular weight is 606 g/mol. The Hall–Kier alpha value is -4.06. The molecule has 6 rings (SSSR count). The van der Waals surface area contributed by atoms with Crippen molar-refractivity contribution >= 4 is 23.2 Å². The molecule has 11 heteroatoms. The number of primary amides is 1. The van der Waals surface area contributed by atoms with Crippen LogP contribution in [0.15, 0.2) is 53.3 Å². The van der Waals surface area contributed by atoms with Crippen molar-refractivity contribution in [2.24, 2.45) is 17.6 Å². The van der Waals surface area contributed by atoms with Crippen molar-refractivity contribution in [2.75, 3.05) is 27.2 Å². The number of nitrogens with zero attached hydrogens (tertiary/aromatic N) is 2. The number of rotatable bonds is 5. The fraction of sp³-hybridized carbons (Fsp3) is 0.424. The van der Waals surface area contributed by atoms with Gasteiger partial charge in [0.25, 0.3) is 5.91 Å². The molecule has 1 amide bonds. The number of amides is 1. The van der Waals surface area contributed by atoms with Gasteiger partial charge in [-0.2, -0.15) is 0 Å². The second kappa shape index (κ2) is 10.8. The van der Waals surface area contributed by atoms with Gasteiger partial charge in [0.15, 0.2) is 11.4 Å². The van der Waals surface area contributed by atoms with Crippen LogP contribution in [0, 0.1) is 11.8 Å². The monoisotopic (exact) mass is 605 g/mol. The zero-order chi connectivity index (χ0) is 31.7. The third-order valence-electron chi connectivity index (χ3n) is 9.79.